The predicted octanol–water partition coefficient (Wildman–Crippen LogP) is 1.80. The summed E-state index contributed by atoms with van der Waals surface area (Å²) in [7, 11) is 0. The lowest BCUT2D eigenvalue weighted by molar-refractivity contribution is -0.135. The molecule has 0 N–H and O–H groups in total. The van der Waals surface area contributed by atoms with Gasteiger partial charge in [0.2, 0.25) is 5.88 Å². The molecule has 120 valence electrons. The highest BCUT2D eigenvalue weighted by Gasteiger charge is 2.21. The summed E-state index contributed by atoms with van der Waals surface area (Å²) < 4.78 is 5.43. The van der Waals surface area contributed by atoms with Crippen LogP contribution in [0.2, 0.25) is 0 Å². The monoisotopic (exact) mass is 311 g/mol. The molecule has 2 heterocycles. The molecule has 1 amide bonds. The first kappa shape index (κ1) is 15.5. The fourth-order valence-corrected chi connectivity index (χ4v) is 2.66. The minimum Gasteiger partial charge on any atom is -0.468 e. The van der Waals surface area contributed by atoms with E-state index in [4.69, 9.17) is 4.74 Å². The minimum atomic E-state index is 0.0232. The number of carbonyl (C=O) groups excluding carboxylic acids is 1. The zero-order valence-electron chi connectivity index (χ0n) is 13.1. The van der Waals surface area contributed by atoms with Crippen LogP contribution < -0.4 is 4.74 Å². The van der Waals surface area contributed by atoms with E-state index in [0.29, 0.717) is 5.88 Å². The van der Waals surface area contributed by atoms with Crippen molar-refractivity contribution >= 4 is 5.91 Å². The van der Waals surface area contributed by atoms with Gasteiger partial charge in [-0.1, -0.05) is 36.4 Å². The number of piperazine rings is 1. The summed E-state index contributed by atoms with van der Waals surface area (Å²) in [5.74, 6) is 0.513. The quantitative estimate of drug-likeness (QED) is 0.845. The molecule has 5 heteroatoms. The van der Waals surface area contributed by atoms with Crippen LogP contribution in [-0.2, 0) is 11.3 Å². The first-order chi connectivity index (χ1) is 11.3. The Balaban J connectivity index is 1.42. The minimum absolute atomic E-state index is 0.0232. The number of hydrogen-bond donors (Lipinski definition) is 0. The van der Waals surface area contributed by atoms with E-state index >= 15 is 0 Å². The van der Waals surface area contributed by atoms with Gasteiger partial charge >= 0.3 is 0 Å². The van der Waals surface area contributed by atoms with Crippen LogP contribution >= 0.6 is 0 Å². The number of hydrogen-bond acceptors (Lipinski definition) is 4. The van der Waals surface area contributed by atoms with E-state index in [2.05, 4.69) is 34.1 Å². The topological polar surface area (TPSA) is 45.7 Å². The Morgan fingerprint density at radius 2 is 1.74 bits per heavy atom. The van der Waals surface area contributed by atoms with Crippen LogP contribution in [0.25, 0.3) is 0 Å². The van der Waals surface area contributed by atoms with Gasteiger partial charge in [-0.15, -0.1) is 0 Å². The molecule has 0 unspecified atom stereocenters. The highest BCUT2D eigenvalue weighted by atomic mass is 16.5. The van der Waals surface area contributed by atoms with Gasteiger partial charge in [-0.2, -0.15) is 0 Å². The highest BCUT2D eigenvalue weighted by molar-refractivity contribution is 5.77. The molecule has 2 aromatic rings. The Labute approximate surface area is 136 Å². The third-order valence-corrected chi connectivity index (χ3v) is 3.96. The van der Waals surface area contributed by atoms with Crippen LogP contribution in [0.1, 0.15) is 5.56 Å². The van der Waals surface area contributed by atoms with Gasteiger partial charge in [0, 0.05) is 45.0 Å². The first-order valence-electron chi connectivity index (χ1n) is 7.89. The third kappa shape index (κ3) is 4.53. The van der Waals surface area contributed by atoms with Crippen LogP contribution in [0.4, 0.5) is 0 Å². The fourth-order valence-electron chi connectivity index (χ4n) is 2.66. The maximum atomic E-state index is 12.2. The van der Waals surface area contributed by atoms with Crippen molar-refractivity contribution in [2.75, 3.05) is 32.8 Å². The van der Waals surface area contributed by atoms with Crippen molar-refractivity contribution in [2.24, 2.45) is 0 Å². The summed E-state index contributed by atoms with van der Waals surface area (Å²) in [6.45, 7) is 4.27. The molecule has 0 spiro atoms. The molecule has 1 aromatic heterocycles. The van der Waals surface area contributed by atoms with Crippen LogP contribution in [0.5, 0.6) is 5.88 Å². The summed E-state index contributed by atoms with van der Waals surface area (Å²) in [5, 5.41) is 0. The molecular formula is C18H21N3O2. The standard InChI is InChI=1S/C18H21N3O2/c22-18(15-23-17-8-4-5-9-19-17)21-12-10-20(11-13-21)14-16-6-2-1-3-7-16/h1-9H,10-15H2. The van der Waals surface area contributed by atoms with Crippen molar-refractivity contribution in [1.29, 1.82) is 0 Å². The second kappa shape index (κ2) is 7.74. The van der Waals surface area contributed by atoms with Gasteiger partial charge in [0.25, 0.3) is 5.91 Å². The molecule has 1 saturated heterocycles. The molecule has 1 aromatic carbocycles. The molecular weight excluding hydrogens is 290 g/mol. The number of benzene rings is 1. The lowest BCUT2D eigenvalue weighted by atomic mass is 10.2. The normalized spacial score (nSPS) is 15.4. The average molecular weight is 311 g/mol. The predicted molar refractivity (Wildman–Crippen MR) is 88.0 cm³/mol. The SMILES string of the molecule is O=C(COc1ccccn1)N1CCN(Cc2ccccc2)CC1. The molecule has 1 aliphatic rings. The van der Waals surface area contributed by atoms with Gasteiger partial charge in [-0.25, -0.2) is 4.98 Å². The van der Waals surface area contributed by atoms with E-state index in [1.54, 1.807) is 12.3 Å². The van der Waals surface area contributed by atoms with Crippen molar-refractivity contribution in [3.05, 3.63) is 60.3 Å². The van der Waals surface area contributed by atoms with E-state index in [1.165, 1.54) is 5.56 Å². The smallest absolute Gasteiger partial charge is 0.260 e. The highest BCUT2D eigenvalue weighted by Crippen LogP contribution is 2.09. The van der Waals surface area contributed by atoms with E-state index in [9.17, 15) is 4.79 Å². The van der Waals surface area contributed by atoms with Crippen LogP contribution in [-0.4, -0.2) is 53.5 Å². The zero-order chi connectivity index (χ0) is 15.9. The summed E-state index contributed by atoms with van der Waals surface area (Å²) in [6, 6.07) is 15.8. The van der Waals surface area contributed by atoms with Crippen LogP contribution in [0, 0.1) is 0 Å². The van der Waals surface area contributed by atoms with E-state index in [1.807, 2.05) is 23.1 Å². The van der Waals surface area contributed by atoms with Gasteiger partial charge in [-0.05, 0) is 11.6 Å². The molecule has 0 bridgehead atoms. The van der Waals surface area contributed by atoms with E-state index < -0.39 is 0 Å². The van der Waals surface area contributed by atoms with E-state index in [-0.39, 0.29) is 12.5 Å². The van der Waals surface area contributed by atoms with Gasteiger partial charge < -0.3 is 9.64 Å². The summed E-state index contributed by atoms with van der Waals surface area (Å²) in [6.07, 6.45) is 1.65. The zero-order valence-corrected chi connectivity index (χ0v) is 13.1. The summed E-state index contributed by atoms with van der Waals surface area (Å²) >= 11 is 0. The maximum absolute atomic E-state index is 12.2. The van der Waals surface area contributed by atoms with Gasteiger partial charge in [-0.3, -0.25) is 9.69 Å². The Morgan fingerprint density at radius 3 is 2.43 bits per heavy atom. The van der Waals surface area contributed by atoms with Gasteiger partial charge in [0.1, 0.15) is 0 Å². The summed E-state index contributed by atoms with van der Waals surface area (Å²) in [5.41, 5.74) is 1.31. The molecule has 5 nitrogen and oxygen atoms in total. The number of carbonyl (C=O) groups is 1. The Bertz CT molecular complexity index is 611. The van der Waals surface area contributed by atoms with Crippen LogP contribution in [0.15, 0.2) is 54.7 Å². The van der Waals surface area contributed by atoms with E-state index in [0.717, 1.165) is 32.7 Å². The average Bonchev–Trinajstić information content (AvgIpc) is 2.62. The Hall–Kier alpha value is -2.40. The number of amides is 1. The van der Waals surface area contributed by atoms with Crippen molar-refractivity contribution in [2.45, 2.75) is 6.54 Å². The molecule has 0 saturated carbocycles. The van der Waals surface area contributed by atoms with Crippen molar-refractivity contribution < 1.29 is 9.53 Å². The lowest BCUT2D eigenvalue weighted by Gasteiger charge is -2.34. The largest absolute Gasteiger partial charge is 0.468 e. The lowest BCUT2D eigenvalue weighted by Crippen LogP contribution is -2.49. The number of rotatable bonds is 5. The second-order valence-electron chi connectivity index (χ2n) is 5.60. The Morgan fingerprint density at radius 1 is 1.00 bits per heavy atom. The second-order valence-corrected chi connectivity index (χ2v) is 5.60. The number of ether oxygens (including phenoxy) is 1. The maximum Gasteiger partial charge on any atom is 0.260 e. The molecule has 1 fully saturated rings. The first-order valence-corrected chi connectivity index (χ1v) is 7.89. The summed E-state index contributed by atoms with van der Waals surface area (Å²) in [4.78, 5) is 20.5. The fraction of sp³-hybridized carbons (Fsp3) is 0.333. The molecule has 23 heavy (non-hydrogen) atoms. The molecule has 0 atom stereocenters. The van der Waals surface area contributed by atoms with Gasteiger partial charge in [0.05, 0.1) is 0 Å². The third-order valence-electron chi connectivity index (χ3n) is 3.96. The molecule has 1 aliphatic heterocycles. The number of pyridine rings is 1. The van der Waals surface area contributed by atoms with Crippen molar-refractivity contribution in [1.82, 2.24) is 14.8 Å². The van der Waals surface area contributed by atoms with Crippen molar-refractivity contribution in [3.8, 4) is 5.88 Å². The van der Waals surface area contributed by atoms with Crippen molar-refractivity contribution in [3.63, 3.8) is 0 Å². The number of aromatic nitrogens is 1. The van der Waals surface area contributed by atoms with Crippen LogP contribution in [0.3, 0.4) is 0 Å². The molecule has 3 rings (SSSR count). The molecule has 0 aliphatic carbocycles. The molecule has 0 radical (unpaired) electrons. The number of nitrogens with zero attached hydrogens (tertiary/aromatic N) is 3. The Kier molecular flexibility index (Phi) is 5.21. The van der Waals surface area contributed by atoms with Gasteiger partial charge in [0.15, 0.2) is 6.61 Å².